The molecule has 0 radical (unpaired) electrons. The normalized spacial score (nSPS) is 12.7. The van der Waals surface area contributed by atoms with Crippen molar-refractivity contribution in [3.63, 3.8) is 0 Å². The van der Waals surface area contributed by atoms with E-state index in [1.165, 1.54) is 5.56 Å². The molecule has 0 atom stereocenters. The van der Waals surface area contributed by atoms with Crippen LogP contribution in [0.5, 0.6) is 11.5 Å². The summed E-state index contributed by atoms with van der Waals surface area (Å²) in [6.45, 7) is 15.5. The van der Waals surface area contributed by atoms with E-state index in [4.69, 9.17) is 9.47 Å². The third kappa shape index (κ3) is 4.36. The molecular formula is C15H29NO2Si2. The van der Waals surface area contributed by atoms with Gasteiger partial charge in [0.05, 0.1) is 14.2 Å². The van der Waals surface area contributed by atoms with E-state index in [9.17, 15) is 0 Å². The van der Waals surface area contributed by atoms with Gasteiger partial charge in [-0.1, -0.05) is 45.3 Å². The Morgan fingerprint density at radius 2 is 1.35 bits per heavy atom. The summed E-state index contributed by atoms with van der Waals surface area (Å²) in [6.07, 6.45) is 0. The monoisotopic (exact) mass is 311 g/mol. The van der Waals surface area contributed by atoms with Crippen molar-refractivity contribution in [3.8, 4) is 11.5 Å². The molecule has 0 heterocycles. The fraction of sp³-hybridized carbons (Fsp3) is 0.600. The lowest BCUT2D eigenvalue weighted by Gasteiger charge is -2.43. The molecule has 0 fully saturated rings. The zero-order valence-corrected chi connectivity index (χ0v) is 16.2. The molecule has 0 aliphatic carbocycles. The minimum atomic E-state index is -1.33. The summed E-state index contributed by atoms with van der Waals surface area (Å²) >= 11 is 0. The molecular weight excluding hydrogens is 282 g/mol. The van der Waals surface area contributed by atoms with E-state index in [0.717, 1.165) is 18.0 Å². The molecule has 20 heavy (non-hydrogen) atoms. The van der Waals surface area contributed by atoms with Gasteiger partial charge >= 0.3 is 0 Å². The van der Waals surface area contributed by atoms with Crippen molar-refractivity contribution < 1.29 is 9.47 Å². The molecule has 1 rings (SSSR count). The average Bonchev–Trinajstić information content (AvgIpc) is 2.32. The highest BCUT2D eigenvalue weighted by molar-refractivity contribution is 6.89. The number of hydrogen-bond donors (Lipinski definition) is 0. The summed E-state index contributed by atoms with van der Waals surface area (Å²) in [4.78, 5) is 0. The topological polar surface area (TPSA) is 21.7 Å². The number of nitrogens with zero attached hydrogens (tertiary/aromatic N) is 1. The second-order valence-corrected chi connectivity index (χ2v) is 17.3. The first kappa shape index (κ1) is 17.3. The smallest absolute Gasteiger partial charge is 0.161 e. The molecule has 3 nitrogen and oxygen atoms in total. The third-order valence-electron chi connectivity index (χ3n) is 3.41. The van der Waals surface area contributed by atoms with Crippen molar-refractivity contribution in [1.82, 2.24) is 4.23 Å². The summed E-state index contributed by atoms with van der Waals surface area (Å²) in [5.74, 6) is 1.61. The summed E-state index contributed by atoms with van der Waals surface area (Å²) in [7, 11) is 0.703. The standard InChI is InChI=1S/C15H29NO2Si2/c1-17-14-10-9-13(11-15(14)18-2)12-16(19(3,4)5)20(6,7)8/h9-11H,12H2,1-8H3. The van der Waals surface area contributed by atoms with E-state index in [0.29, 0.717) is 0 Å². The molecule has 0 saturated carbocycles. The SMILES string of the molecule is COc1ccc(CN([Si](C)(C)C)[Si](C)(C)C)cc1OC. The van der Waals surface area contributed by atoms with Crippen molar-refractivity contribution in [3.05, 3.63) is 23.8 Å². The van der Waals surface area contributed by atoms with Gasteiger partial charge in [0.15, 0.2) is 11.5 Å². The first-order valence-electron chi connectivity index (χ1n) is 7.08. The predicted molar refractivity (Wildman–Crippen MR) is 91.8 cm³/mol. The molecule has 0 bridgehead atoms. The van der Waals surface area contributed by atoms with Crippen LogP contribution in [0.1, 0.15) is 5.56 Å². The lowest BCUT2D eigenvalue weighted by Crippen LogP contribution is -2.58. The Morgan fingerprint density at radius 3 is 1.75 bits per heavy atom. The Bertz CT molecular complexity index is 436. The minimum absolute atomic E-state index is 0.795. The summed E-state index contributed by atoms with van der Waals surface area (Å²) in [5, 5.41) is 0. The van der Waals surface area contributed by atoms with Gasteiger partial charge in [-0.2, -0.15) is 0 Å². The van der Waals surface area contributed by atoms with E-state index >= 15 is 0 Å². The van der Waals surface area contributed by atoms with Crippen LogP contribution < -0.4 is 9.47 Å². The van der Waals surface area contributed by atoms with Gasteiger partial charge in [-0.3, -0.25) is 0 Å². The Morgan fingerprint density at radius 1 is 0.850 bits per heavy atom. The Balaban J connectivity index is 3.07. The van der Waals surface area contributed by atoms with Gasteiger partial charge in [0.2, 0.25) is 0 Å². The maximum Gasteiger partial charge on any atom is 0.161 e. The Labute approximate surface area is 126 Å². The molecule has 0 spiro atoms. The van der Waals surface area contributed by atoms with Crippen molar-refractivity contribution in [2.24, 2.45) is 0 Å². The Kier molecular flexibility index (Phi) is 5.46. The van der Waals surface area contributed by atoms with Gasteiger partial charge in [-0.05, 0) is 17.7 Å². The van der Waals surface area contributed by atoms with Crippen LogP contribution in [0.25, 0.3) is 0 Å². The van der Waals surface area contributed by atoms with Crippen molar-refractivity contribution >= 4 is 16.5 Å². The number of rotatable bonds is 6. The van der Waals surface area contributed by atoms with Crippen LogP contribution in [0.2, 0.25) is 39.3 Å². The highest BCUT2D eigenvalue weighted by atomic mass is 28.4. The van der Waals surface area contributed by atoms with Crippen molar-refractivity contribution in [2.45, 2.75) is 45.8 Å². The zero-order valence-electron chi connectivity index (χ0n) is 14.2. The van der Waals surface area contributed by atoms with Crippen LogP contribution in [0, 0.1) is 0 Å². The Hall–Kier alpha value is -0.786. The largest absolute Gasteiger partial charge is 0.493 e. The number of hydrogen-bond acceptors (Lipinski definition) is 3. The van der Waals surface area contributed by atoms with Crippen LogP contribution >= 0.6 is 0 Å². The van der Waals surface area contributed by atoms with Gasteiger partial charge < -0.3 is 13.7 Å². The lowest BCUT2D eigenvalue weighted by atomic mass is 10.2. The fourth-order valence-electron chi connectivity index (χ4n) is 2.64. The highest BCUT2D eigenvalue weighted by Crippen LogP contribution is 2.30. The number of benzene rings is 1. The summed E-state index contributed by atoms with van der Waals surface area (Å²) in [5.41, 5.74) is 1.30. The van der Waals surface area contributed by atoms with E-state index in [1.807, 2.05) is 6.07 Å². The first-order chi connectivity index (χ1) is 9.09. The first-order valence-corrected chi connectivity index (χ1v) is 14.0. The quantitative estimate of drug-likeness (QED) is 0.736. The van der Waals surface area contributed by atoms with E-state index < -0.39 is 16.5 Å². The second-order valence-electron chi connectivity index (χ2n) is 7.12. The lowest BCUT2D eigenvalue weighted by molar-refractivity contribution is 0.354. The summed E-state index contributed by atoms with van der Waals surface area (Å²) in [6, 6.07) is 6.25. The molecule has 5 heteroatoms. The number of ether oxygens (including phenoxy) is 2. The van der Waals surface area contributed by atoms with Crippen LogP contribution in [0.4, 0.5) is 0 Å². The van der Waals surface area contributed by atoms with E-state index in [2.05, 4.69) is 55.6 Å². The van der Waals surface area contributed by atoms with Crippen molar-refractivity contribution in [2.75, 3.05) is 14.2 Å². The predicted octanol–water partition coefficient (Wildman–Crippen LogP) is 4.18. The van der Waals surface area contributed by atoms with Crippen molar-refractivity contribution in [1.29, 1.82) is 0 Å². The molecule has 0 aliphatic rings. The molecule has 0 saturated heterocycles. The number of methoxy groups -OCH3 is 2. The highest BCUT2D eigenvalue weighted by Gasteiger charge is 2.34. The minimum Gasteiger partial charge on any atom is -0.493 e. The second kappa shape index (κ2) is 6.32. The molecule has 1 aromatic rings. The molecule has 0 N–H and O–H groups in total. The fourth-order valence-corrected chi connectivity index (χ4v) is 12.0. The molecule has 0 amide bonds. The average molecular weight is 312 g/mol. The molecule has 0 unspecified atom stereocenters. The van der Waals surface area contributed by atoms with Gasteiger partial charge in [-0.25, -0.2) is 0 Å². The van der Waals surface area contributed by atoms with Gasteiger partial charge in [0, 0.05) is 6.54 Å². The molecule has 114 valence electrons. The van der Waals surface area contributed by atoms with E-state index in [1.54, 1.807) is 14.2 Å². The van der Waals surface area contributed by atoms with E-state index in [-0.39, 0.29) is 0 Å². The van der Waals surface area contributed by atoms with Crippen LogP contribution in [0.3, 0.4) is 0 Å². The molecule has 1 aromatic carbocycles. The maximum atomic E-state index is 5.41. The molecule has 0 aromatic heterocycles. The van der Waals surface area contributed by atoms with Crippen LogP contribution in [-0.2, 0) is 6.54 Å². The van der Waals surface area contributed by atoms with Gasteiger partial charge in [0.25, 0.3) is 0 Å². The van der Waals surface area contributed by atoms with Crippen LogP contribution in [-0.4, -0.2) is 34.9 Å². The summed E-state index contributed by atoms with van der Waals surface area (Å²) < 4.78 is 13.5. The van der Waals surface area contributed by atoms with Crippen LogP contribution in [0.15, 0.2) is 18.2 Å². The third-order valence-corrected chi connectivity index (χ3v) is 11.0. The molecule has 0 aliphatic heterocycles. The van der Waals surface area contributed by atoms with Gasteiger partial charge in [0.1, 0.15) is 16.5 Å². The van der Waals surface area contributed by atoms with Gasteiger partial charge in [-0.15, -0.1) is 0 Å². The zero-order chi connectivity index (χ0) is 15.6. The maximum absolute atomic E-state index is 5.41.